The molecule has 9 heteroatoms. The number of carbonyl (C=O) groups excluding carboxylic acids is 1. The molecule has 0 spiro atoms. The first-order chi connectivity index (χ1) is 15.9. The molecule has 0 saturated heterocycles. The average molecular weight is 472 g/mol. The molecule has 0 aliphatic carbocycles. The Balaban J connectivity index is 0.000000518. The normalized spacial score (nSPS) is 9.97. The topological polar surface area (TPSA) is 133 Å². The van der Waals surface area contributed by atoms with Gasteiger partial charge in [0, 0.05) is 30.1 Å². The van der Waals surface area contributed by atoms with Crippen molar-refractivity contribution in [2.45, 2.75) is 34.1 Å². The molecular weight excluding hydrogens is 438 g/mol. The molecule has 1 amide bonds. The average Bonchev–Trinajstić information content (AvgIpc) is 3.12. The number of carbonyl (C=O) groups is 1. The van der Waals surface area contributed by atoms with Crippen LogP contribution in [0.3, 0.4) is 0 Å². The van der Waals surface area contributed by atoms with Crippen LogP contribution in [0, 0.1) is 13.8 Å². The van der Waals surface area contributed by atoms with Crippen molar-refractivity contribution in [3.63, 3.8) is 0 Å². The molecule has 0 unspecified atom stereocenters. The Morgan fingerprint density at radius 3 is 2.33 bits per heavy atom. The lowest BCUT2D eigenvalue weighted by Gasteiger charge is -2.10. The van der Waals surface area contributed by atoms with Crippen LogP contribution in [0.25, 0.3) is 0 Å². The maximum absolute atomic E-state index is 12.3. The van der Waals surface area contributed by atoms with Crippen molar-refractivity contribution < 1.29 is 9.90 Å². The van der Waals surface area contributed by atoms with E-state index in [2.05, 4.69) is 26.9 Å². The van der Waals surface area contributed by atoms with Crippen LogP contribution < -0.4 is 21.9 Å². The summed E-state index contributed by atoms with van der Waals surface area (Å²) in [6.45, 7) is 8.55. The van der Waals surface area contributed by atoms with Crippen LogP contribution in [0.15, 0.2) is 58.3 Å². The maximum atomic E-state index is 12.3. The summed E-state index contributed by atoms with van der Waals surface area (Å²) >= 11 is 1.26. The highest BCUT2D eigenvalue weighted by Crippen LogP contribution is 2.25. The van der Waals surface area contributed by atoms with Gasteiger partial charge in [0.15, 0.2) is 0 Å². The van der Waals surface area contributed by atoms with Gasteiger partial charge >= 0.3 is 0 Å². The zero-order valence-electron chi connectivity index (χ0n) is 19.5. The number of hydrogen-bond acceptors (Lipinski definition) is 6. The number of hydrogen-bond donors (Lipinski definition) is 5. The van der Waals surface area contributed by atoms with Gasteiger partial charge in [-0.3, -0.25) is 19.0 Å². The number of nitrogens with one attached hydrogen (secondary N) is 3. The number of benzene rings is 2. The van der Waals surface area contributed by atoms with Crippen LogP contribution in [0.5, 0.6) is 0 Å². The Hall–Kier alpha value is -3.43. The first-order valence-electron chi connectivity index (χ1n) is 10.6. The summed E-state index contributed by atoms with van der Waals surface area (Å²) < 4.78 is 2.69. The smallest absolute Gasteiger partial charge is 0.263 e. The van der Waals surface area contributed by atoms with Gasteiger partial charge in [0.05, 0.1) is 11.9 Å². The number of aryl methyl sites for hydroxylation is 1. The van der Waals surface area contributed by atoms with Crippen LogP contribution in [-0.4, -0.2) is 34.9 Å². The van der Waals surface area contributed by atoms with Gasteiger partial charge in [-0.05, 0) is 74.6 Å². The summed E-state index contributed by atoms with van der Waals surface area (Å²) in [5, 5.41) is 14.4. The van der Waals surface area contributed by atoms with Crippen LogP contribution >= 0.6 is 11.5 Å². The molecule has 0 aliphatic heterocycles. The van der Waals surface area contributed by atoms with Gasteiger partial charge in [0.25, 0.3) is 11.5 Å². The van der Waals surface area contributed by atoms with Gasteiger partial charge in [0.1, 0.15) is 5.00 Å². The summed E-state index contributed by atoms with van der Waals surface area (Å²) in [6, 6.07) is 14.8. The number of amides is 1. The molecule has 3 rings (SSSR count). The van der Waals surface area contributed by atoms with Crippen molar-refractivity contribution in [1.82, 2.24) is 4.37 Å². The van der Waals surface area contributed by atoms with Gasteiger partial charge in [-0.15, -0.1) is 0 Å². The predicted octanol–water partition coefficient (Wildman–Crippen LogP) is 4.43. The van der Waals surface area contributed by atoms with E-state index in [1.54, 1.807) is 19.9 Å². The first-order valence-corrected chi connectivity index (χ1v) is 11.4. The van der Waals surface area contributed by atoms with Crippen LogP contribution in [0.2, 0.25) is 0 Å². The number of nitrogens with two attached hydrogens (primary N) is 1. The van der Waals surface area contributed by atoms with Gasteiger partial charge in [-0.25, -0.2) is 0 Å². The Kier molecular flexibility index (Phi) is 12.9. The number of H-pyrrole nitrogens is 1. The second-order valence-corrected chi connectivity index (χ2v) is 7.65. The minimum Gasteiger partial charge on any atom is -0.397 e. The van der Waals surface area contributed by atoms with Gasteiger partial charge in [0.2, 0.25) is 0 Å². The zero-order chi connectivity index (χ0) is 24.6. The van der Waals surface area contributed by atoms with E-state index in [-0.39, 0.29) is 18.1 Å². The minimum absolute atomic E-state index is 0.0842. The molecule has 1 aromatic heterocycles. The number of aromatic amines is 1. The lowest BCUT2D eigenvalue weighted by Crippen LogP contribution is -2.12. The molecule has 0 radical (unpaired) electrons. The second kappa shape index (κ2) is 15.4. The third kappa shape index (κ3) is 9.71. The Morgan fingerprint density at radius 1 is 1.18 bits per heavy atom. The lowest BCUT2D eigenvalue weighted by atomic mass is 10.1. The van der Waals surface area contributed by atoms with Crippen molar-refractivity contribution >= 4 is 40.2 Å². The van der Waals surface area contributed by atoms with E-state index in [4.69, 9.17) is 10.8 Å². The Labute approximate surface area is 198 Å². The Morgan fingerprint density at radius 2 is 1.85 bits per heavy atom. The number of nitrogens with zero attached hydrogens (tertiary/aromatic N) is 1. The van der Waals surface area contributed by atoms with Crippen LogP contribution in [-0.2, 0) is 0 Å². The standard InChI is InChI=1S/C18H17N3O2S.C4H10N2.C2H6O/c1-11-10-13(17(23)19-14-6-4-3-5-7-14)8-9-15(11)20-18-12(2)16(22)21-24-18;1-2-3-6-4-5;1-2-3/h3-10,20H,1-2H3,(H,19,23)(H,21,22);4H,2-3H2,1H3,(H2,5,6);3H,2H2,1H3. The third-order valence-corrected chi connectivity index (χ3v) is 5.05. The van der Waals surface area contributed by atoms with Crippen molar-refractivity contribution in [2.24, 2.45) is 10.7 Å². The number of aliphatic imine (C=N–C) groups is 1. The fourth-order valence-corrected chi connectivity index (χ4v) is 3.22. The molecule has 6 N–H and O–H groups in total. The summed E-state index contributed by atoms with van der Waals surface area (Å²) in [4.78, 5) is 27.6. The van der Waals surface area contributed by atoms with E-state index in [0.717, 1.165) is 34.9 Å². The van der Waals surface area contributed by atoms with E-state index >= 15 is 0 Å². The van der Waals surface area contributed by atoms with E-state index in [9.17, 15) is 9.59 Å². The fraction of sp³-hybridized carbons (Fsp3) is 0.292. The molecular formula is C24H33N5O3S. The summed E-state index contributed by atoms with van der Waals surface area (Å²) in [6.07, 6.45) is 2.41. The number of rotatable bonds is 6. The van der Waals surface area contributed by atoms with Crippen LogP contribution in [0.1, 0.15) is 41.8 Å². The SMILES string of the molecule is CCCN=CN.CCO.Cc1cc(C(=O)Nc2ccccc2)ccc1Nc1s[nH]c(=O)c1C. The molecule has 0 fully saturated rings. The molecule has 0 aliphatic rings. The number of aromatic nitrogens is 1. The van der Waals surface area contributed by atoms with E-state index in [1.165, 1.54) is 17.9 Å². The Bertz CT molecular complexity index is 1060. The number of para-hydroxylation sites is 1. The minimum atomic E-state index is -0.154. The summed E-state index contributed by atoms with van der Waals surface area (Å²) in [7, 11) is 0. The van der Waals surface area contributed by atoms with Gasteiger partial charge in [-0.2, -0.15) is 0 Å². The molecule has 0 atom stereocenters. The van der Waals surface area contributed by atoms with E-state index in [0.29, 0.717) is 11.1 Å². The molecule has 0 bridgehead atoms. The largest absolute Gasteiger partial charge is 0.397 e. The molecule has 33 heavy (non-hydrogen) atoms. The van der Waals surface area contributed by atoms with Crippen molar-refractivity contribution in [1.29, 1.82) is 0 Å². The number of anilines is 3. The van der Waals surface area contributed by atoms with E-state index in [1.807, 2.05) is 49.4 Å². The van der Waals surface area contributed by atoms with Crippen molar-refractivity contribution in [3.8, 4) is 0 Å². The highest BCUT2D eigenvalue weighted by atomic mass is 32.1. The second-order valence-electron chi connectivity index (χ2n) is 6.83. The monoisotopic (exact) mass is 471 g/mol. The van der Waals surface area contributed by atoms with Gasteiger partial charge in [-0.1, -0.05) is 25.1 Å². The fourth-order valence-electron chi connectivity index (χ4n) is 2.47. The molecule has 0 saturated carbocycles. The van der Waals surface area contributed by atoms with Crippen molar-refractivity contribution in [3.05, 3.63) is 75.6 Å². The zero-order valence-corrected chi connectivity index (χ0v) is 20.3. The molecule has 2 aromatic carbocycles. The molecule has 8 nitrogen and oxygen atoms in total. The van der Waals surface area contributed by atoms with Crippen LogP contribution in [0.4, 0.5) is 16.4 Å². The first kappa shape index (κ1) is 27.6. The third-order valence-electron chi connectivity index (χ3n) is 4.15. The lowest BCUT2D eigenvalue weighted by molar-refractivity contribution is 0.102. The van der Waals surface area contributed by atoms with E-state index < -0.39 is 0 Å². The molecule has 3 aromatic rings. The highest BCUT2D eigenvalue weighted by molar-refractivity contribution is 7.10. The summed E-state index contributed by atoms with van der Waals surface area (Å²) in [5.74, 6) is -0.154. The highest BCUT2D eigenvalue weighted by Gasteiger charge is 2.10. The summed E-state index contributed by atoms with van der Waals surface area (Å²) in [5.41, 5.74) is 8.63. The molecule has 1 heterocycles. The predicted molar refractivity (Wildman–Crippen MR) is 139 cm³/mol. The quantitative estimate of drug-likeness (QED) is 0.268. The maximum Gasteiger partial charge on any atom is 0.263 e. The van der Waals surface area contributed by atoms with Gasteiger partial charge < -0.3 is 21.5 Å². The molecule has 178 valence electrons. The van der Waals surface area contributed by atoms with Crippen molar-refractivity contribution in [2.75, 3.05) is 23.8 Å². The number of aliphatic hydroxyl groups is 1. The number of aliphatic hydroxyl groups excluding tert-OH is 1.